The average Bonchev–Trinajstić information content (AvgIpc) is 2.98. The predicted molar refractivity (Wildman–Crippen MR) is 80.9 cm³/mol. The maximum absolute atomic E-state index is 12.2. The number of amides is 1. The van der Waals surface area contributed by atoms with Crippen molar-refractivity contribution in [2.75, 3.05) is 19.8 Å². The van der Waals surface area contributed by atoms with Crippen molar-refractivity contribution < 1.29 is 9.53 Å². The Morgan fingerprint density at radius 2 is 2.42 bits per heavy atom. The summed E-state index contributed by atoms with van der Waals surface area (Å²) in [6.07, 6.45) is 2.62. The number of thiophene rings is 1. The Morgan fingerprint density at radius 1 is 1.58 bits per heavy atom. The quantitative estimate of drug-likeness (QED) is 0.496. The van der Waals surface area contributed by atoms with Crippen molar-refractivity contribution in [2.45, 2.75) is 13.3 Å². The molecule has 2 heterocycles. The van der Waals surface area contributed by atoms with Crippen LogP contribution in [0.4, 0.5) is 0 Å². The summed E-state index contributed by atoms with van der Waals surface area (Å²) in [7, 11) is 0. The van der Waals surface area contributed by atoms with E-state index in [-0.39, 0.29) is 5.91 Å². The Bertz CT molecular complexity index is 483. The molecule has 1 fully saturated rings. The molecule has 0 aromatic carbocycles. The van der Waals surface area contributed by atoms with Crippen molar-refractivity contribution in [3.05, 3.63) is 28.1 Å². The number of ether oxygens (including phenoxy) is 1. The Kier molecular flexibility index (Phi) is 5.07. The van der Waals surface area contributed by atoms with Crippen LogP contribution in [-0.4, -0.2) is 35.7 Å². The molecular formula is C13H16N2O2S2. The van der Waals surface area contributed by atoms with Crippen LogP contribution >= 0.6 is 23.6 Å². The van der Waals surface area contributed by atoms with E-state index in [1.165, 1.54) is 0 Å². The molecule has 0 radical (unpaired) electrons. The Balaban J connectivity index is 1.96. The monoisotopic (exact) mass is 296 g/mol. The molecule has 1 aliphatic rings. The van der Waals surface area contributed by atoms with Crippen molar-refractivity contribution in [1.29, 1.82) is 0 Å². The first-order chi connectivity index (χ1) is 9.22. The zero-order valence-electron chi connectivity index (χ0n) is 10.7. The van der Waals surface area contributed by atoms with Crippen LogP contribution in [0.15, 0.2) is 23.2 Å². The van der Waals surface area contributed by atoms with Gasteiger partial charge in [-0.05, 0) is 43.1 Å². The van der Waals surface area contributed by atoms with Gasteiger partial charge in [0.2, 0.25) is 0 Å². The lowest BCUT2D eigenvalue weighted by Crippen LogP contribution is -2.32. The summed E-state index contributed by atoms with van der Waals surface area (Å²) < 4.78 is 5.26. The fourth-order valence-corrected chi connectivity index (χ4v) is 2.70. The highest BCUT2D eigenvalue weighted by molar-refractivity contribution is 7.80. The lowest BCUT2D eigenvalue weighted by Gasteiger charge is -2.13. The number of thiocarbonyl (C=S) groups is 1. The normalized spacial score (nSPS) is 17.3. The molecule has 0 unspecified atom stereocenters. The highest BCUT2D eigenvalue weighted by Gasteiger charge is 2.29. The van der Waals surface area contributed by atoms with Crippen LogP contribution in [0.2, 0.25) is 0 Å². The summed E-state index contributed by atoms with van der Waals surface area (Å²) in [6.45, 7) is 3.88. The van der Waals surface area contributed by atoms with Crippen LogP contribution in [0.1, 0.15) is 18.2 Å². The summed E-state index contributed by atoms with van der Waals surface area (Å²) in [5.74, 6) is -0.0603. The number of carbonyl (C=O) groups excluding carboxylic acids is 1. The molecule has 1 amide bonds. The number of nitrogens with zero attached hydrogens (tertiary/aromatic N) is 1. The summed E-state index contributed by atoms with van der Waals surface area (Å²) in [5, 5.41) is 5.42. The molecule has 19 heavy (non-hydrogen) atoms. The number of hydrogen-bond donors (Lipinski definition) is 1. The van der Waals surface area contributed by atoms with Gasteiger partial charge in [0.1, 0.15) is 5.70 Å². The van der Waals surface area contributed by atoms with Gasteiger partial charge in [0, 0.05) is 24.6 Å². The summed E-state index contributed by atoms with van der Waals surface area (Å²) in [5.41, 5.74) is 0.545. The smallest absolute Gasteiger partial charge is 0.276 e. The molecule has 1 aromatic heterocycles. The van der Waals surface area contributed by atoms with Gasteiger partial charge in [-0.25, -0.2) is 0 Å². The maximum atomic E-state index is 12.2. The topological polar surface area (TPSA) is 41.6 Å². The van der Waals surface area contributed by atoms with Gasteiger partial charge < -0.3 is 10.1 Å². The van der Waals surface area contributed by atoms with E-state index in [1.807, 2.05) is 30.5 Å². The Hall–Kier alpha value is -1.24. The molecule has 1 aromatic rings. The molecule has 1 aliphatic heterocycles. The number of rotatable bonds is 6. The van der Waals surface area contributed by atoms with Crippen molar-refractivity contribution >= 4 is 40.7 Å². The average molecular weight is 296 g/mol. The molecule has 0 saturated carbocycles. The lowest BCUT2D eigenvalue weighted by atomic mass is 10.3. The van der Waals surface area contributed by atoms with E-state index in [4.69, 9.17) is 17.0 Å². The largest absolute Gasteiger partial charge is 0.382 e. The third-order valence-corrected chi connectivity index (χ3v) is 3.81. The molecule has 1 N–H and O–H groups in total. The second-order valence-electron chi connectivity index (χ2n) is 4.01. The van der Waals surface area contributed by atoms with Gasteiger partial charge in [0.05, 0.1) is 0 Å². The van der Waals surface area contributed by atoms with E-state index in [0.29, 0.717) is 30.6 Å². The van der Waals surface area contributed by atoms with E-state index < -0.39 is 0 Å². The molecular weight excluding hydrogens is 280 g/mol. The molecule has 0 atom stereocenters. The minimum absolute atomic E-state index is 0.0603. The lowest BCUT2D eigenvalue weighted by molar-refractivity contribution is -0.122. The summed E-state index contributed by atoms with van der Waals surface area (Å²) in [6, 6.07) is 3.92. The number of hydrogen-bond acceptors (Lipinski definition) is 4. The maximum Gasteiger partial charge on any atom is 0.276 e. The molecule has 102 valence electrons. The standard InChI is InChI=1S/C13H16N2O2S2/c1-2-17-7-4-6-15-12(16)11(14-13(15)18)9-10-5-3-8-19-10/h3,5,8-9H,2,4,6-7H2,1H3,(H,14,18)/b11-9+. The second kappa shape index (κ2) is 6.79. The van der Waals surface area contributed by atoms with E-state index in [0.717, 1.165) is 11.3 Å². The zero-order valence-corrected chi connectivity index (χ0v) is 12.4. The molecule has 2 rings (SSSR count). The van der Waals surface area contributed by atoms with Crippen LogP contribution in [0.5, 0.6) is 0 Å². The van der Waals surface area contributed by atoms with E-state index in [1.54, 1.807) is 16.2 Å². The first-order valence-electron chi connectivity index (χ1n) is 6.18. The van der Waals surface area contributed by atoms with E-state index >= 15 is 0 Å². The van der Waals surface area contributed by atoms with Gasteiger partial charge in [-0.2, -0.15) is 0 Å². The fourth-order valence-electron chi connectivity index (χ4n) is 1.76. The van der Waals surface area contributed by atoms with Crippen LogP contribution in [-0.2, 0) is 9.53 Å². The Morgan fingerprint density at radius 3 is 3.11 bits per heavy atom. The fraction of sp³-hybridized carbons (Fsp3) is 0.385. The van der Waals surface area contributed by atoms with E-state index in [9.17, 15) is 4.79 Å². The highest BCUT2D eigenvalue weighted by Crippen LogP contribution is 2.17. The molecule has 0 aliphatic carbocycles. The summed E-state index contributed by atoms with van der Waals surface area (Å²) >= 11 is 6.77. The molecule has 4 nitrogen and oxygen atoms in total. The van der Waals surface area contributed by atoms with Crippen molar-refractivity contribution in [3.63, 3.8) is 0 Å². The predicted octanol–water partition coefficient (Wildman–Crippen LogP) is 2.23. The minimum Gasteiger partial charge on any atom is -0.382 e. The van der Waals surface area contributed by atoms with Gasteiger partial charge in [-0.3, -0.25) is 9.69 Å². The van der Waals surface area contributed by atoms with Crippen LogP contribution in [0.25, 0.3) is 6.08 Å². The van der Waals surface area contributed by atoms with Gasteiger partial charge in [0.25, 0.3) is 5.91 Å². The molecule has 6 heteroatoms. The molecule has 1 saturated heterocycles. The minimum atomic E-state index is -0.0603. The molecule has 0 spiro atoms. The van der Waals surface area contributed by atoms with Gasteiger partial charge in [-0.1, -0.05) is 6.07 Å². The van der Waals surface area contributed by atoms with Gasteiger partial charge >= 0.3 is 0 Å². The van der Waals surface area contributed by atoms with Gasteiger partial charge in [-0.15, -0.1) is 11.3 Å². The second-order valence-corrected chi connectivity index (χ2v) is 5.38. The summed E-state index contributed by atoms with van der Waals surface area (Å²) in [4.78, 5) is 14.8. The number of nitrogens with one attached hydrogen (secondary N) is 1. The van der Waals surface area contributed by atoms with Crippen molar-refractivity contribution in [3.8, 4) is 0 Å². The van der Waals surface area contributed by atoms with Crippen LogP contribution in [0, 0.1) is 0 Å². The third-order valence-electron chi connectivity index (χ3n) is 2.67. The first-order valence-corrected chi connectivity index (χ1v) is 7.47. The first kappa shape index (κ1) is 14.2. The van der Waals surface area contributed by atoms with Crippen molar-refractivity contribution in [2.24, 2.45) is 0 Å². The van der Waals surface area contributed by atoms with Crippen molar-refractivity contribution in [1.82, 2.24) is 10.2 Å². The molecule has 0 bridgehead atoms. The van der Waals surface area contributed by atoms with E-state index in [2.05, 4.69) is 5.32 Å². The Labute approximate surface area is 122 Å². The van der Waals surface area contributed by atoms with Gasteiger partial charge in [0.15, 0.2) is 5.11 Å². The SMILES string of the molecule is CCOCCCN1C(=O)/C(=C\c2cccs2)NC1=S. The third kappa shape index (κ3) is 3.62. The number of carbonyl (C=O) groups is 1. The highest BCUT2D eigenvalue weighted by atomic mass is 32.1. The van der Waals surface area contributed by atoms with Crippen LogP contribution < -0.4 is 5.32 Å². The zero-order chi connectivity index (χ0) is 13.7. The van der Waals surface area contributed by atoms with Crippen LogP contribution in [0.3, 0.4) is 0 Å².